The van der Waals surface area contributed by atoms with Crippen LogP contribution in [0.2, 0.25) is 10.0 Å². The first kappa shape index (κ1) is 23.5. The maximum atomic E-state index is 13.0. The monoisotopic (exact) mass is 483 g/mol. The maximum Gasteiger partial charge on any atom is 0.246 e. The van der Waals surface area contributed by atoms with Crippen LogP contribution in [0.4, 0.5) is 5.69 Å². The van der Waals surface area contributed by atoms with Crippen molar-refractivity contribution in [2.75, 3.05) is 18.4 Å². The van der Waals surface area contributed by atoms with Crippen LogP contribution in [-0.4, -0.2) is 37.6 Å². The van der Waals surface area contributed by atoms with Crippen LogP contribution in [0.3, 0.4) is 0 Å². The second-order valence-corrected chi connectivity index (χ2v) is 10.0. The van der Waals surface area contributed by atoms with Gasteiger partial charge in [-0.3, -0.25) is 9.59 Å². The summed E-state index contributed by atoms with van der Waals surface area (Å²) in [6.07, 6.45) is 0.804. The summed E-state index contributed by atoms with van der Waals surface area (Å²) in [6, 6.07) is 11.8. The molecule has 0 atom stereocenters. The third-order valence-electron chi connectivity index (χ3n) is 5.06. The van der Waals surface area contributed by atoms with Crippen molar-refractivity contribution in [2.45, 2.75) is 31.2 Å². The van der Waals surface area contributed by atoms with E-state index in [4.69, 9.17) is 23.2 Å². The predicted octanol–water partition coefficient (Wildman–Crippen LogP) is 3.67. The minimum absolute atomic E-state index is 0.0776. The van der Waals surface area contributed by atoms with Crippen LogP contribution in [0.25, 0.3) is 0 Å². The molecule has 2 N–H and O–H groups in total. The van der Waals surface area contributed by atoms with Gasteiger partial charge in [-0.1, -0.05) is 41.4 Å². The fraction of sp³-hybridized carbons (Fsp3) is 0.333. The van der Waals surface area contributed by atoms with E-state index in [1.54, 1.807) is 24.3 Å². The third kappa shape index (κ3) is 5.77. The zero-order valence-electron chi connectivity index (χ0n) is 16.9. The van der Waals surface area contributed by atoms with E-state index < -0.39 is 10.0 Å². The molecule has 0 radical (unpaired) electrons. The first-order chi connectivity index (χ1) is 14.7. The molecule has 0 saturated carbocycles. The largest absolute Gasteiger partial charge is 0.352 e. The van der Waals surface area contributed by atoms with Gasteiger partial charge in [-0.15, -0.1) is 0 Å². The van der Waals surface area contributed by atoms with Crippen molar-refractivity contribution in [1.82, 2.24) is 9.62 Å². The van der Waals surface area contributed by atoms with Gasteiger partial charge in [-0.2, -0.15) is 4.31 Å². The summed E-state index contributed by atoms with van der Waals surface area (Å²) in [5, 5.41) is 5.75. The van der Waals surface area contributed by atoms with Crippen molar-refractivity contribution in [2.24, 2.45) is 5.92 Å². The van der Waals surface area contributed by atoms with E-state index in [1.165, 1.54) is 23.4 Å². The second kappa shape index (κ2) is 9.99. The van der Waals surface area contributed by atoms with Gasteiger partial charge in [0.25, 0.3) is 0 Å². The first-order valence-corrected chi connectivity index (χ1v) is 12.0. The van der Waals surface area contributed by atoms with E-state index >= 15 is 0 Å². The van der Waals surface area contributed by atoms with E-state index in [9.17, 15) is 18.0 Å². The lowest BCUT2D eigenvalue weighted by Gasteiger charge is -2.31. The van der Waals surface area contributed by atoms with Crippen molar-refractivity contribution in [3.05, 3.63) is 58.1 Å². The van der Waals surface area contributed by atoms with Gasteiger partial charge in [0.2, 0.25) is 21.8 Å². The Hall–Kier alpha value is -2.13. The minimum Gasteiger partial charge on any atom is -0.352 e. The molecule has 10 heteroatoms. The highest BCUT2D eigenvalue weighted by atomic mass is 35.5. The Bertz CT molecular complexity index is 1060. The fourth-order valence-corrected chi connectivity index (χ4v) is 6.07. The molecule has 0 spiro atoms. The van der Waals surface area contributed by atoms with E-state index in [0.717, 1.165) is 5.56 Å². The summed E-state index contributed by atoms with van der Waals surface area (Å²) in [6.45, 7) is 2.17. The van der Waals surface area contributed by atoms with E-state index in [0.29, 0.717) is 25.1 Å². The molecule has 2 amide bonds. The maximum absolute atomic E-state index is 13.0. The highest BCUT2D eigenvalue weighted by Gasteiger charge is 2.34. The summed E-state index contributed by atoms with van der Waals surface area (Å²) in [7, 11) is -3.84. The molecular weight excluding hydrogens is 461 g/mol. The van der Waals surface area contributed by atoms with Crippen LogP contribution in [-0.2, 0) is 26.2 Å². The molecule has 1 saturated heterocycles. The molecule has 1 aliphatic rings. The molecule has 0 bridgehead atoms. The Morgan fingerprint density at radius 3 is 2.29 bits per heavy atom. The van der Waals surface area contributed by atoms with E-state index in [2.05, 4.69) is 10.6 Å². The molecule has 31 heavy (non-hydrogen) atoms. The lowest BCUT2D eigenvalue weighted by Crippen LogP contribution is -2.43. The topological polar surface area (TPSA) is 95.6 Å². The number of rotatable bonds is 6. The minimum atomic E-state index is -3.84. The SMILES string of the molecule is CC(=O)Nc1cccc(CNC(=O)C2CCN(S(=O)(=O)c3c(Cl)cccc3Cl)CC2)c1. The van der Waals surface area contributed by atoms with Crippen molar-refractivity contribution in [3.8, 4) is 0 Å². The number of carbonyl (C=O) groups excluding carboxylic acids is 2. The van der Waals surface area contributed by atoms with Crippen molar-refractivity contribution in [3.63, 3.8) is 0 Å². The molecule has 3 rings (SSSR count). The number of nitrogens with one attached hydrogen (secondary N) is 2. The van der Waals surface area contributed by atoms with Crippen molar-refractivity contribution in [1.29, 1.82) is 0 Å². The Morgan fingerprint density at radius 2 is 1.68 bits per heavy atom. The number of nitrogens with zero attached hydrogens (tertiary/aromatic N) is 1. The van der Waals surface area contributed by atoms with Crippen LogP contribution in [0.5, 0.6) is 0 Å². The van der Waals surface area contributed by atoms with Crippen LogP contribution in [0.1, 0.15) is 25.3 Å². The van der Waals surface area contributed by atoms with Crippen LogP contribution in [0, 0.1) is 5.92 Å². The molecule has 2 aromatic carbocycles. The van der Waals surface area contributed by atoms with Crippen molar-refractivity contribution < 1.29 is 18.0 Å². The normalized spacial score (nSPS) is 15.5. The lowest BCUT2D eigenvalue weighted by molar-refractivity contribution is -0.126. The predicted molar refractivity (Wildman–Crippen MR) is 121 cm³/mol. The number of hydrogen-bond acceptors (Lipinski definition) is 4. The molecule has 7 nitrogen and oxygen atoms in total. The third-order valence-corrected chi connectivity index (χ3v) is 7.91. The number of anilines is 1. The molecule has 0 aromatic heterocycles. The van der Waals surface area contributed by atoms with Gasteiger partial charge in [-0.25, -0.2) is 8.42 Å². The number of hydrogen-bond donors (Lipinski definition) is 2. The summed E-state index contributed by atoms with van der Waals surface area (Å²) in [5.41, 5.74) is 1.52. The average molecular weight is 484 g/mol. The Morgan fingerprint density at radius 1 is 1.06 bits per heavy atom. The zero-order valence-corrected chi connectivity index (χ0v) is 19.2. The molecule has 1 heterocycles. The number of sulfonamides is 1. The standard InChI is InChI=1S/C21H23Cl2N3O4S/c1-14(27)25-17-5-2-4-15(12-17)13-24-21(28)16-8-10-26(11-9-16)31(29,30)20-18(22)6-3-7-19(20)23/h2-7,12,16H,8-11,13H2,1H3,(H,24,28)(H,25,27). The molecular formula is C21H23Cl2N3O4S. The van der Waals surface area contributed by atoms with E-state index in [1.807, 2.05) is 6.07 Å². The van der Waals surface area contributed by atoms with Crippen molar-refractivity contribution >= 4 is 50.7 Å². The molecule has 1 aliphatic heterocycles. The molecule has 166 valence electrons. The number of amides is 2. The Labute approximate surface area is 191 Å². The highest BCUT2D eigenvalue weighted by Crippen LogP contribution is 2.33. The lowest BCUT2D eigenvalue weighted by atomic mass is 9.97. The summed E-state index contributed by atoms with van der Waals surface area (Å²) in [5.74, 6) is -0.578. The highest BCUT2D eigenvalue weighted by molar-refractivity contribution is 7.89. The van der Waals surface area contributed by atoms with Crippen LogP contribution in [0.15, 0.2) is 47.4 Å². The number of halogens is 2. The van der Waals surface area contributed by atoms with Gasteiger partial charge in [0.1, 0.15) is 4.90 Å². The Kier molecular flexibility index (Phi) is 7.59. The molecule has 0 aliphatic carbocycles. The average Bonchev–Trinajstić information content (AvgIpc) is 2.71. The first-order valence-electron chi connectivity index (χ1n) is 9.77. The zero-order chi connectivity index (χ0) is 22.6. The van der Waals surface area contributed by atoms with Gasteiger partial charge in [0, 0.05) is 38.2 Å². The summed E-state index contributed by atoms with van der Waals surface area (Å²) in [4.78, 5) is 23.7. The molecule has 2 aromatic rings. The fourth-order valence-electron chi connectivity index (χ4n) is 3.51. The molecule has 1 fully saturated rings. The van der Waals surface area contributed by atoms with Gasteiger partial charge in [0.15, 0.2) is 0 Å². The second-order valence-electron chi connectivity index (χ2n) is 7.33. The van der Waals surface area contributed by atoms with Crippen LogP contribution < -0.4 is 10.6 Å². The number of carbonyl (C=O) groups is 2. The van der Waals surface area contributed by atoms with Gasteiger partial charge >= 0.3 is 0 Å². The van der Waals surface area contributed by atoms with Gasteiger partial charge < -0.3 is 10.6 Å². The summed E-state index contributed by atoms with van der Waals surface area (Å²) >= 11 is 12.1. The van der Waals surface area contributed by atoms with Gasteiger partial charge in [0.05, 0.1) is 10.0 Å². The van der Waals surface area contributed by atoms with E-state index in [-0.39, 0.29) is 45.8 Å². The number of benzene rings is 2. The van der Waals surface area contributed by atoms with Gasteiger partial charge in [-0.05, 0) is 42.7 Å². The molecule has 0 unspecified atom stereocenters. The van der Waals surface area contributed by atoms with Crippen LogP contribution >= 0.6 is 23.2 Å². The number of piperidine rings is 1. The Balaban J connectivity index is 1.57. The quantitative estimate of drug-likeness (QED) is 0.654. The summed E-state index contributed by atoms with van der Waals surface area (Å²) < 4.78 is 27.2. The smallest absolute Gasteiger partial charge is 0.246 e.